The van der Waals surface area contributed by atoms with Crippen molar-refractivity contribution in [2.24, 2.45) is 0 Å². The van der Waals surface area contributed by atoms with Crippen LogP contribution in [-0.2, 0) is 11.3 Å². The summed E-state index contributed by atoms with van der Waals surface area (Å²) in [5.41, 5.74) is 2.53. The molecule has 2 heterocycles. The molecule has 1 unspecified atom stereocenters. The molecule has 8 nitrogen and oxygen atoms in total. The molecule has 0 radical (unpaired) electrons. The summed E-state index contributed by atoms with van der Waals surface area (Å²) in [6.07, 6.45) is 0. The van der Waals surface area contributed by atoms with Crippen LogP contribution in [0.1, 0.15) is 42.2 Å². The molecule has 0 spiro atoms. The van der Waals surface area contributed by atoms with E-state index in [0.717, 1.165) is 5.56 Å². The quantitative estimate of drug-likeness (QED) is 0.542. The normalized spacial score (nSPS) is 16.6. The van der Waals surface area contributed by atoms with Crippen LogP contribution < -0.4 is 5.32 Å². The highest BCUT2D eigenvalue weighted by Gasteiger charge is 2.38. The van der Waals surface area contributed by atoms with Gasteiger partial charge in [0.05, 0.1) is 35.2 Å². The van der Waals surface area contributed by atoms with E-state index in [1.165, 1.54) is 39.8 Å². The van der Waals surface area contributed by atoms with Gasteiger partial charge in [-0.15, -0.1) is 11.8 Å². The number of thioether (sulfide) groups is 1. The first-order chi connectivity index (χ1) is 17.5. The SMILES string of the molecule is N#Cc1ccc(NC(=O)C2CSCN2C(=O)c2ccc3c(c2)C(=O)N(Cc2ccccc2)C3=O)cc1. The number of hydrogen-bond donors (Lipinski definition) is 1. The molecule has 0 aromatic heterocycles. The zero-order valence-electron chi connectivity index (χ0n) is 19.0. The standard InChI is InChI=1S/C27H20N4O4S/c28-13-17-6-9-20(10-7-17)29-24(32)23-15-36-16-31(23)25(33)19-8-11-21-22(12-19)27(35)30(26(21)34)14-18-4-2-1-3-5-18/h1-12,23H,14-16H2,(H,29,32). The Balaban J connectivity index is 1.32. The van der Waals surface area contributed by atoms with Gasteiger partial charge in [-0.1, -0.05) is 30.3 Å². The molecule has 36 heavy (non-hydrogen) atoms. The fraction of sp³-hybridized carbons (Fsp3) is 0.148. The van der Waals surface area contributed by atoms with Crippen molar-refractivity contribution in [3.05, 3.63) is 101 Å². The number of imide groups is 1. The smallest absolute Gasteiger partial charge is 0.261 e. The van der Waals surface area contributed by atoms with E-state index in [1.54, 1.807) is 24.3 Å². The van der Waals surface area contributed by atoms with Gasteiger partial charge in [0.1, 0.15) is 6.04 Å². The molecule has 5 rings (SSSR count). The Hall–Kier alpha value is -4.42. The molecule has 2 aliphatic heterocycles. The molecule has 3 aromatic rings. The molecule has 178 valence electrons. The van der Waals surface area contributed by atoms with Crippen LogP contribution >= 0.6 is 11.8 Å². The number of rotatable bonds is 5. The lowest BCUT2D eigenvalue weighted by Crippen LogP contribution is -2.44. The predicted octanol–water partition coefficient (Wildman–Crippen LogP) is 3.51. The highest BCUT2D eigenvalue weighted by atomic mass is 32.2. The van der Waals surface area contributed by atoms with E-state index in [9.17, 15) is 19.2 Å². The van der Waals surface area contributed by atoms with E-state index in [0.29, 0.717) is 22.9 Å². The lowest BCUT2D eigenvalue weighted by Gasteiger charge is -2.23. The minimum Gasteiger partial charge on any atom is -0.324 e. The third kappa shape index (κ3) is 4.34. The maximum Gasteiger partial charge on any atom is 0.261 e. The Bertz CT molecular complexity index is 1420. The number of amides is 4. The minimum absolute atomic E-state index is 0.150. The summed E-state index contributed by atoms with van der Waals surface area (Å²) in [4.78, 5) is 54.8. The number of nitrogens with one attached hydrogen (secondary N) is 1. The Morgan fingerprint density at radius 3 is 2.42 bits per heavy atom. The van der Waals surface area contributed by atoms with Crippen LogP contribution in [0.4, 0.5) is 5.69 Å². The number of fused-ring (bicyclic) bond motifs is 1. The molecule has 1 saturated heterocycles. The topological polar surface area (TPSA) is 111 Å². The van der Waals surface area contributed by atoms with Crippen molar-refractivity contribution in [1.29, 1.82) is 5.26 Å². The summed E-state index contributed by atoms with van der Waals surface area (Å²) in [5.74, 6) is -0.798. The Morgan fingerprint density at radius 1 is 0.972 bits per heavy atom. The number of carbonyl (C=O) groups is 4. The van der Waals surface area contributed by atoms with Crippen molar-refractivity contribution in [2.45, 2.75) is 12.6 Å². The van der Waals surface area contributed by atoms with Gasteiger partial charge < -0.3 is 10.2 Å². The zero-order valence-corrected chi connectivity index (χ0v) is 19.8. The molecule has 4 amide bonds. The van der Waals surface area contributed by atoms with Crippen molar-refractivity contribution < 1.29 is 19.2 Å². The van der Waals surface area contributed by atoms with E-state index >= 15 is 0 Å². The fourth-order valence-electron chi connectivity index (χ4n) is 4.21. The van der Waals surface area contributed by atoms with E-state index < -0.39 is 17.9 Å². The summed E-state index contributed by atoms with van der Waals surface area (Å²) >= 11 is 1.46. The van der Waals surface area contributed by atoms with Gasteiger partial charge in [0, 0.05) is 17.0 Å². The zero-order chi connectivity index (χ0) is 25.2. The van der Waals surface area contributed by atoms with Crippen LogP contribution in [0.15, 0.2) is 72.8 Å². The average molecular weight is 497 g/mol. The van der Waals surface area contributed by atoms with Crippen molar-refractivity contribution >= 4 is 41.1 Å². The first-order valence-electron chi connectivity index (χ1n) is 11.2. The molecular formula is C27H20N4O4S. The van der Waals surface area contributed by atoms with Crippen LogP contribution in [-0.4, -0.2) is 51.1 Å². The monoisotopic (exact) mass is 496 g/mol. The lowest BCUT2D eigenvalue weighted by atomic mass is 10.0. The van der Waals surface area contributed by atoms with E-state index in [2.05, 4.69) is 5.32 Å². The summed E-state index contributed by atoms with van der Waals surface area (Å²) in [7, 11) is 0. The van der Waals surface area contributed by atoms with Gasteiger partial charge in [-0.05, 0) is 48.0 Å². The summed E-state index contributed by atoms with van der Waals surface area (Å²) < 4.78 is 0. The maximum absolute atomic E-state index is 13.3. The summed E-state index contributed by atoms with van der Waals surface area (Å²) in [5, 5.41) is 11.7. The first-order valence-corrected chi connectivity index (χ1v) is 12.4. The van der Waals surface area contributed by atoms with E-state index in [4.69, 9.17) is 5.26 Å². The van der Waals surface area contributed by atoms with E-state index in [-0.39, 0.29) is 35.0 Å². The van der Waals surface area contributed by atoms with Gasteiger partial charge in [0.25, 0.3) is 17.7 Å². The third-order valence-electron chi connectivity index (χ3n) is 6.13. The van der Waals surface area contributed by atoms with Crippen LogP contribution in [0.5, 0.6) is 0 Å². The molecule has 0 aliphatic carbocycles. The Kier molecular flexibility index (Phi) is 6.27. The molecule has 9 heteroatoms. The molecule has 0 saturated carbocycles. The number of nitrogens with zero attached hydrogens (tertiary/aromatic N) is 3. The first kappa shape index (κ1) is 23.3. The van der Waals surface area contributed by atoms with Crippen LogP contribution in [0.3, 0.4) is 0 Å². The fourth-order valence-corrected chi connectivity index (χ4v) is 5.37. The van der Waals surface area contributed by atoms with Gasteiger partial charge >= 0.3 is 0 Å². The largest absolute Gasteiger partial charge is 0.324 e. The van der Waals surface area contributed by atoms with Gasteiger partial charge in [-0.3, -0.25) is 24.1 Å². The summed E-state index contributed by atoms with van der Waals surface area (Å²) in [6.45, 7) is 0.150. The highest BCUT2D eigenvalue weighted by Crippen LogP contribution is 2.29. The number of nitriles is 1. The van der Waals surface area contributed by atoms with Crippen molar-refractivity contribution in [1.82, 2.24) is 9.80 Å². The number of benzene rings is 3. The molecule has 3 aromatic carbocycles. The minimum atomic E-state index is -0.696. The molecular weight excluding hydrogens is 476 g/mol. The molecule has 1 N–H and O–H groups in total. The average Bonchev–Trinajstić information content (AvgIpc) is 3.49. The maximum atomic E-state index is 13.3. The van der Waals surface area contributed by atoms with Crippen molar-refractivity contribution in [3.63, 3.8) is 0 Å². The van der Waals surface area contributed by atoms with Gasteiger partial charge in [-0.25, -0.2) is 0 Å². The lowest BCUT2D eigenvalue weighted by molar-refractivity contribution is -0.119. The van der Waals surface area contributed by atoms with Gasteiger partial charge in [0.15, 0.2) is 0 Å². The van der Waals surface area contributed by atoms with Crippen molar-refractivity contribution in [2.75, 3.05) is 16.9 Å². The Labute approximate surface area is 211 Å². The van der Waals surface area contributed by atoms with Gasteiger partial charge in [-0.2, -0.15) is 5.26 Å². The van der Waals surface area contributed by atoms with Crippen LogP contribution in [0.2, 0.25) is 0 Å². The second kappa shape index (κ2) is 9.68. The van der Waals surface area contributed by atoms with Crippen molar-refractivity contribution in [3.8, 4) is 6.07 Å². The second-order valence-corrected chi connectivity index (χ2v) is 9.41. The number of hydrogen-bond acceptors (Lipinski definition) is 6. The Morgan fingerprint density at radius 2 is 1.69 bits per heavy atom. The number of anilines is 1. The van der Waals surface area contributed by atoms with E-state index in [1.807, 2.05) is 36.4 Å². The molecule has 1 atom stereocenters. The predicted molar refractivity (Wildman–Crippen MR) is 134 cm³/mol. The molecule has 2 aliphatic rings. The molecule has 0 bridgehead atoms. The molecule has 1 fully saturated rings. The van der Waals surface area contributed by atoms with Crippen LogP contribution in [0.25, 0.3) is 0 Å². The number of carbonyl (C=O) groups excluding carboxylic acids is 4. The highest BCUT2D eigenvalue weighted by molar-refractivity contribution is 7.99. The third-order valence-corrected chi connectivity index (χ3v) is 7.14. The second-order valence-electron chi connectivity index (χ2n) is 8.41. The van der Waals surface area contributed by atoms with Crippen LogP contribution in [0, 0.1) is 11.3 Å². The summed E-state index contributed by atoms with van der Waals surface area (Å²) in [6, 6.07) is 21.5. The van der Waals surface area contributed by atoms with Gasteiger partial charge in [0.2, 0.25) is 5.91 Å².